The van der Waals surface area contributed by atoms with Crippen LogP contribution in [0.5, 0.6) is 5.75 Å². The maximum absolute atomic E-state index is 12.8. The Hall–Kier alpha value is -2.07. The van der Waals surface area contributed by atoms with Crippen LogP contribution in [-0.2, 0) is 16.4 Å². The Balaban J connectivity index is 0.00000441. The second-order valence-electron chi connectivity index (χ2n) is 10.1. The molecule has 3 aromatic carbocycles. The molecule has 0 radical (unpaired) electrons. The van der Waals surface area contributed by atoms with Gasteiger partial charge in [-0.25, -0.2) is 13.4 Å². The molecule has 2 unspecified atom stereocenters. The second kappa shape index (κ2) is 14.2. The molecule has 1 aliphatic rings. The van der Waals surface area contributed by atoms with Crippen molar-refractivity contribution in [2.75, 3.05) is 25.4 Å². The van der Waals surface area contributed by atoms with Crippen LogP contribution in [0.2, 0.25) is 0 Å². The SMILES string of the molecule is CC(C)(Cc1ccc2ccccc2c1)NC[C@@H](O)COc1ccc(S(=O)(=O)NN2CCSC(C#N)C2Cl)cc1.Cl. The maximum Gasteiger partial charge on any atom is 0.253 e. The van der Waals surface area contributed by atoms with Gasteiger partial charge in [-0.1, -0.05) is 42.5 Å². The minimum atomic E-state index is -3.88. The third kappa shape index (κ3) is 8.71. The number of nitriles is 1. The summed E-state index contributed by atoms with van der Waals surface area (Å²) in [6, 6.07) is 22.7. The monoisotopic (exact) mass is 624 g/mol. The molecule has 0 aromatic heterocycles. The highest BCUT2D eigenvalue weighted by molar-refractivity contribution is 8.00. The lowest BCUT2D eigenvalue weighted by atomic mass is 9.93. The van der Waals surface area contributed by atoms with Gasteiger partial charge < -0.3 is 15.2 Å². The Morgan fingerprint density at radius 3 is 2.58 bits per heavy atom. The fourth-order valence-electron chi connectivity index (χ4n) is 4.33. The van der Waals surface area contributed by atoms with Crippen molar-refractivity contribution < 1.29 is 18.3 Å². The predicted octanol–water partition coefficient (Wildman–Crippen LogP) is 4.31. The number of halogens is 2. The minimum absolute atomic E-state index is 0. The highest BCUT2D eigenvalue weighted by Crippen LogP contribution is 2.27. The van der Waals surface area contributed by atoms with Crippen LogP contribution in [0, 0.1) is 11.3 Å². The van der Waals surface area contributed by atoms with Crippen LogP contribution in [0.1, 0.15) is 19.4 Å². The molecule has 12 heteroatoms. The zero-order chi connectivity index (χ0) is 28.0. The maximum atomic E-state index is 12.8. The molecule has 0 bridgehead atoms. The van der Waals surface area contributed by atoms with Crippen molar-refractivity contribution in [3.8, 4) is 11.8 Å². The van der Waals surface area contributed by atoms with Crippen LogP contribution in [0.4, 0.5) is 0 Å². The lowest BCUT2D eigenvalue weighted by Crippen LogP contribution is -2.53. The molecule has 4 rings (SSSR count). The number of β-amino-alcohol motifs (C(OH)–C–C–N with tert-alkyl or cyclic N) is 1. The van der Waals surface area contributed by atoms with E-state index < -0.39 is 26.9 Å². The summed E-state index contributed by atoms with van der Waals surface area (Å²) in [7, 11) is -3.88. The lowest BCUT2D eigenvalue weighted by molar-refractivity contribution is 0.0988. The number of hydrogen-bond acceptors (Lipinski definition) is 8. The zero-order valence-electron chi connectivity index (χ0n) is 22.3. The minimum Gasteiger partial charge on any atom is -0.491 e. The van der Waals surface area contributed by atoms with E-state index in [1.807, 2.05) is 12.1 Å². The molecule has 3 atom stereocenters. The normalized spacial score (nSPS) is 19.0. The van der Waals surface area contributed by atoms with Crippen molar-refractivity contribution in [3.63, 3.8) is 0 Å². The molecule has 0 aliphatic carbocycles. The third-order valence-corrected chi connectivity index (χ3v) is 9.54. The van der Waals surface area contributed by atoms with Crippen LogP contribution < -0.4 is 14.9 Å². The number of nitrogens with zero attached hydrogens (tertiary/aromatic N) is 2. The van der Waals surface area contributed by atoms with Crippen LogP contribution in [0.3, 0.4) is 0 Å². The molecule has 216 valence electrons. The topological polar surface area (TPSA) is 115 Å². The van der Waals surface area contributed by atoms with Crippen molar-refractivity contribution in [1.29, 1.82) is 5.26 Å². The molecular weight excluding hydrogens is 591 g/mol. The van der Waals surface area contributed by atoms with Gasteiger partial charge in [-0.2, -0.15) is 5.26 Å². The molecule has 3 N–H and O–H groups in total. The number of ether oxygens (including phenoxy) is 1. The Bertz CT molecular complexity index is 1420. The van der Waals surface area contributed by atoms with Crippen molar-refractivity contribution in [2.24, 2.45) is 0 Å². The first-order valence-electron chi connectivity index (χ1n) is 12.6. The summed E-state index contributed by atoms with van der Waals surface area (Å²) >= 11 is 7.66. The van der Waals surface area contributed by atoms with Crippen LogP contribution in [-0.4, -0.2) is 66.4 Å². The largest absolute Gasteiger partial charge is 0.491 e. The van der Waals surface area contributed by atoms with Gasteiger partial charge in [0.25, 0.3) is 10.0 Å². The van der Waals surface area contributed by atoms with Crippen molar-refractivity contribution in [3.05, 3.63) is 72.3 Å². The van der Waals surface area contributed by atoms with E-state index in [0.29, 0.717) is 24.6 Å². The summed E-state index contributed by atoms with van der Waals surface area (Å²) < 4.78 is 31.3. The number of sulfonamides is 1. The summed E-state index contributed by atoms with van der Waals surface area (Å²) in [5.74, 6) is 1.03. The Morgan fingerprint density at radius 1 is 1.18 bits per heavy atom. The Kier molecular flexibility index (Phi) is 11.5. The number of fused-ring (bicyclic) bond motifs is 1. The molecule has 0 spiro atoms. The van der Waals surface area contributed by atoms with E-state index in [1.165, 1.54) is 45.2 Å². The predicted molar refractivity (Wildman–Crippen MR) is 163 cm³/mol. The highest BCUT2D eigenvalue weighted by Gasteiger charge is 2.33. The van der Waals surface area contributed by atoms with Crippen LogP contribution in [0.25, 0.3) is 10.8 Å². The fourth-order valence-corrected chi connectivity index (χ4v) is 6.86. The molecular formula is C28H34Cl2N4O4S2. The number of nitrogens with one attached hydrogen (secondary N) is 2. The highest BCUT2D eigenvalue weighted by atomic mass is 35.5. The van der Waals surface area contributed by atoms with E-state index in [1.54, 1.807) is 12.1 Å². The number of benzene rings is 3. The van der Waals surface area contributed by atoms with E-state index in [0.717, 1.165) is 6.42 Å². The molecule has 1 heterocycles. The molecule has 8 nitrogen and oxygen atoms in total. The molecule has 1 aliphatic heterocycles. The zero-order valence-corrected chi connectivity index (χ0v) is 25.5. The van der Waals surface area contributed by atoms with Gasteiger partial charge in [0.2, 0.25) is 0 Å². The summed E-state index contributed by atoms with van der Waals surface area (Å²) in [5, 5.41) is 26.3. The number of aliphatic hydroxyl groups is 1. The summed E-state index contributed by atoms with van der Waals surface area (Å²) in [5.41, 5.74) is 0.209. The third-order valence-electron chi connectivity index (χ3n) is 6.39. The molecule has 1 fully saturated rings. The quantitative estimate of drug-likeness (QED) is 0.214. The molecule has 0 saturated carbocycles. The standard InChI is InChI=1S/C28H33ClN4O4S2.ClH/c1-28(2,16-20-7-8-21-5-3-4-6-22(21)15-20)31-18-23(34)19-37-24-9-11-25(12-10-24)39(35,36)32-33-13-14-38-26(17-30)27(33)29;/h3-12,15,23,26-27,31-32,34H,13-14,16,18-19H2,1-2H3;1H/t23-,26?,27?;/m1./s1. The van der Waals surface area contributed by atoms with E-state index in [9.17, 15) is 18.8 Å². The summed E-state index contributed by atoms with van der Waals surface area (Å²) in [4.78, 5) is 2.52. The van der Waals surface area contributed by atoms with E-state index in [-0.39, 0.29) is 29.4 Å². The number of alkyl halides is 1. The fraction of sp³-hybridized carbons (Fsp3) is 0.393. The number of thioether (sulfide) groups is 1. The van der Waals surface area contributed by atoms with Gasteiger partial charge in [-0.3, -0.25) is 0 Å². The molecule has 3 aromatic rings. The second-order valence-corrected chi connectivity index (χ2v) is 13.5. The lowest BCUT2D eigenvalue weighted by Gasteiger charge is -2.33. The number of rotatable bonds is 11. The molecule has 0 amide bonds. The van der Waals surface area contributed by atoms with Crippen LogP contribution >= 0.6 is 35.8 Å². The first kappa shape index (κ1) is 32.4. The van der Waals surface area contributed by atoms with Gasteiger partial charge in [0.15, 0.2) is 0 Å². The van der Waals surface area contributed by atoms with Crippen molar-refractivity contribution in [1.82, 2.24) is 15.2 Å². The van der Waals surface area contributed by atoms with E-state index in [2.05, 4.69) is 60.4 Å². The van der Waals surface area contributed by atoms with Gasteiger partial charge >= 0.3 is 0 Å². The van der Waals surface area contributed by atoms with Gasteiger partial charge in [-0.15, -0.1) is 40.6 Å². The first-order valence-corrected chi connectivity index (χ1v) is 15.6. The summed E-state index contributed by atoms with van der Waals surface area (Å²) in [6.07, 6.45) is 0.0458. The smallest absolute Gasteiger partial charge is 0.253 e. The Labute approximate surface area is 251 Å². The van der Waals surface area contributed by atoms with Crippen molar-refractivity contribution in [2.45, 2.75) is 47.6 Å². The van der Waals surface area contributed by atoms with Gasteiger partial charge in [-0.05, 0) is 60.9 Å². The van der Waals surface area contributed by atoms with Gasteiger partial charge in [0, 0.05) is 24.4 Å². The summed E-state index contributed by atoms with van der Waals surface area (Å²) in [6.45, 7) is 4.98. The number of hydrogen-bond donors (Lipinski definition) is 3. The van der Waals surface area contributed by atoms with Crippen LogP contribution in [0.15, 0.2) is 71.6 Å². The first-order chi connectivity index (χ1) is 18.6. The van der Waals surface area contributed by atoms with E-state index >= 15 is 0 Å². The average molecular weight is 626 g/mol. The van der Waals surface area contributed by atoms with E-state index in [4.69, 9.17) is 16.3 Å². The number of aliphatic hydroxyl groups excluding tert-OH is 1. The van der Waals surface area contributed by atoms with Crippen molar-refractivity contribution >= 4 is 56.6 Å². The Morgan fingerprint density at radius 2 is 1.88 bits per heavy atom. The number of hydrazine groups is 1. The van der Waals surface area contributed by atoms with Gasteiger partial charge in [0.05, 0.1) is 11.0 Å². The average Bonchev–Trinajstić information content (AvgIpc) is 2.92. The molecule has 40 heavy (non-hydrogen) atoms. The molecule has 1 saturated heterocycles. The van der Waals surface area contributed by atoms with Gasteiger partial charge in [0.1, 0.15) is 29.2 Å².